The van der Waals surface area contributed by atoms with E-state index in [0.29, 0.717) is 12.0 Å². The van der Waals surface area contributed by atoms with Gasteiger partial charge in [0.2, 0.25) is 0 Å². The highest BCUT2D eigenvalue weighted by Crippen LogP contribution is 2.37. The molecule has 1 atom stereocenters. The number of benzene rings is 2. The Morgan fingerprint density at radius 3 is 2.52 bits per heavy atom. The molecule has 1 saturated heterocycles. The van der Waals surface area contributed by atoms with E-state index >= 15 is 0 Å². The van der Waals surface area contributed by atoms with E-state index in [4.69, 9.17) is 15.2 Å². The smallest absolute Gasteiger partial charge is 0.337 e. The van der Waals surface area contributed by atoms with Gasteiger partial charge in [-0.2, -0.15) is 0 Å². The molecular weight excluding hydrogens is 290 g/mol. The number of carbonyl (C=O) groups is 1. The summed E-state index contributed by atoms with van der Waals surface area (Å²) in [7, 11) is 1.36. The van der Waals surface area contributed by atoms with Gasteiger partial charge < -0.3 is 9.47 Å². The number of hydrogen-bond donors (Lipinski definition) is 1. The standard InChI is InChI=1S/C19H19NO3/c1-22-18(21)15-7-9-16(10-8-15)19(20)12-11-17(23-19)13-14-5-3-2-4-6-14/h2-10,13H,11-12,20H2,1H3/b17-13+. The Morgan fingerprint density at radius 1 is 1.17 bits per heavy atom. The molecule has 1 unspecified atom stereocenters. The lowest BCUT2D eigenvalue weighted by atomic mass is 9.99. The van der Waals surface area contributed by atoms with Crippen LogP contribution in [-0.2, 0) is 15.2 Å². The van der Waals surface area contributed by atoms with Crippen molar-refractivity contribution in [1.29, 1.82) is 0 Å². The van der Waals surface area contributed by atoms with E-state index in [0.717, 1.165) is 23.3 Å². The highest BCUT2D eigenvalue weighted by atomic mass is 16.5. The highest BCUT2D eigenvalue weighted by molar-refractivity contribution is 5.89. The molecule has 0 amide bonds. The summed E-state index contributed by atoms with van der Waals surface area (Å²) in [4.78, 5) is 11.5. The van der Waals surface area contributed by atoms with Crippen LogP contribution in [0, 0.1) is 0 Å². The Labute approximate surface area is 135 Å². The lowest BCUT2D eigenvalue weighted by Gasteiger charge is -2.24. The second kappa shape index (κ2) is 6.26. The zero-order valence-electron chi connectivity index (χ0n) is 13.0. The van der Waals surface area contributed by atoms with Crippen molar-refractivity contribution in [3.05, 3.63) is 77.0 Å². The molecule has 2 aromatic rings. The number of ether oxygens (including phenoxy) is 2. The number of nitrogens with two attached hydrogens (primary N) is 1. The lowest BCUT2D eigenvalue weighted by molar-refractivity contribution is 0.0439. The maximum Gasteiger partial charge on any atom is 0.337 e. The van der Waals surface area contributed by atoms with E-state index in [1.54, 1.807) is 12.1 Å². The number of rotatable bonds is 3. The summed E-state index contributed by atoms with van der Waals surface area (Å²) in [6.45, 7) is 0. The van der Waals surface area contributed by atoms with Gasteiger partial charge in [0, 0.05) is 18.4 Å². The van der Waals surface area contributed by atoms with Gasteiger partial charge in [-0.25, -0.2) is 4.79 Å². The molecule has 0 aromatic heterocycles. The predicted octanol–water partition coefficient (Wildman–Crippen LogP) is 3.44. The summed E-state index contributed by atoms with van der Waals surface area (Å²) in [5.41, 5.74) is 7.99. The molecular formula is C19H19NO3. The largest absolute Gasteiger partial charge is 0.473 e. The van der Waals surface area contributed by atoms with Crippen molar-refractivity contribution in [1.82, 2.24) is 0 Å². The molecule has 2 aromatic carbocycles. The van der Waals surface area contributed by atoms with Crippen molar-refractivity contribution < 1.29 is 14.3 Å². The van der Waals surface area contributed by atoms with Gasteiger partial charge in [-0.3, -0.25) is 5.73 Å². The maximum absolute atomic E-state index is 11.5. The number of carbonyl (C=O) groups excluding carboxylic acids is 1. The van der Waals surface area contributed by atoms with Crippen LogP contribution in [-0.4, -0.2) is 13.1 Å². The second-order valence-corrected chi connectivity index (χ2v) is 5.58. The molecule has 1 aliphatic heterocycles. The molecule has 0 bridgehead atoms. The monoisotopic (exact) mass is 309 g/mol. The number of esters is 1. The van der Waals surface area contributed by atoms with E-state index in [1.165, 1.54) is 7.11 Å². The Balaban J connectivity index is 1.78. The summed E-state index contributed by atoms with van der Waals surface area (Å²) < 4.78 is 10.7. The molecule has 0 radical (unpaired) electrons. The molecule has 23 heavy (non-hydrogen) atoms. The summed E-state index contributed by atoms with van der Waals surface area (Å²) in [6, 6.07) is 17.1. The van der Waals surface area contributed by atoms with Crippen LogP contribution >= 0.6 is 0 Å². The fourth-order valence-electron chi connectivity index (χ4n) is 2.69. The van der Waals surface area contributed by atoms with Crippen LogP contribution in [0.5, 0.6) is 0 Å². The molecule has 4 heteroatoms. The summed E-state index contributed by atoms with van der Waals surface area (Å²) in [6.07, 6.45) is 3.49. The summed E-state index contributed by atoms with van der Waals surface area (Å²) in [5, 5.41) is 0. The minimum atomic E-state index is -0.852. The van der Waals surface area contributed by atoms with Crippen molar-refractivity contribution in [2.24, 2.45) is 5.73 Å². The van der Waals surface area contributed by atoms with E-state index < -0.39 is 5.72 Å². The van der Waals surface area contributed by atoms with Gasteiger partial charge in [-0.05, 0) is 23.8 Å². The molecule has 3 rings (SSSR count). The molecule has 4 nitrogen and oxygen atoms in total. The topological polar surface area (TPSA) is 61.5 Å². The third kappa shape index (κ3) is 3.27. The minimum absolute atomic E-state index is 0.361. The van der Waals surface area contributed by atoms with Crippen LogP contribution in [0.4, 0.5) is 0 Å². The zero-order chi connectivity index (χ0) is 16.3. The maximum atomic E-state index is 11.5. The van der Waals surface area contributed by atoms with Crippen molar-refractivity contribution >= 4 is 12.0 Å². The van der Waals surface area contributed by atoms with E-state index in [1.807, 2.05) is 48.5 Å². The van der Waals surface area contributed by atoms with Crippen LogP contribution in [0.2, 0.25) is 0 Å². The zero-order valence-corrected chi connectivity index (χ0v) is 13.0. The first kappa shape index (κ1) is 15.3. The average Bonchev–Trinajstić information content (AvgIpc) is 2.97. The van der Waals surface area contributed by atoms with Gasteiger partial charge in [0.05, 0.1) is 18.4 Å². The Bertz CT molecular complexity index is 722. The van der Waals surface area contributed by atoms with Crippen LogP contribution in [0.25, 0.3) is 6.08 Å². The second-order valence-electron chi connectivity index (χ2n) is 5.58. The quantitative estimate of drug-likeness (QED) is 0.882. The van der Waals surface area contributed by atoms with Gasteiger partial charge in [0.25, 0.3) is 0 Å². The van der Waals surface area contributed by atoms with Crippen molar-refractivity contribution in [3.63, 3.8) is 0 Å². The Kier molecular flexibility index (Phi) is 4.17. The van der Waals surface area contributed by atoms with Gasteiger partial charge >= 0.3 is 5.97 Å². The van der Waals surface area contributed by atoms with Crippen LogP contribution < -0.4 is 5.73 Å². The fraction of sp³-hybridized carbons (Fsp3) is 0.211. The van der Waals surface area contributed by atoms with Crippen molar-refractivity contribution in [3.8, 4) is 0 Å². The Morgan fingerprint density at radius 2 is 1.87 bits per heavy atom. The van der Waals surface area contributed by atoms with Crippen LogP contribution in [0.15, 0.2) is 60.4 Å². The lowest BCUT2D eigenvalue weighted by Crippen LogP contribution is -2.35. The Hall–Kier alpha value is -2.59. The molecule has 0 saturated carbocycles. The molecule has 0 aliphatic carbocycles. The first-order valence-electron chi connectivity index (χ1n) is 7.53. The number of hydrogen-bond acceptors (Lipinski definition) is 4. The first-order valence-corrected chi connectivity index (χ1v) is 7.53. The van der Waals surface area contributed by atoms with Crippen LogP contribution in [0.3, 0.4) is 0 Å². The van der Waals surface area contributed by atoms with Gasteiger partial charge in [0.15, 0.2) is 5.72 Å². The van der Waals surface area contributed by atoms with E-state index in [9.17, 15) is 4.79 Å². The molecule has 2 N–H and O–H groups in total. The van der Waals surface area contributed by atoms with Gasteiger partial charge in [-0.1, -0.05) is 42.5 Å². The minimum Gasteiger partial charge on any atom is -0.473 e. The highest BCUT2D eigenvalue weighted by Gasteiger charge is 2.36. The summed E-state index contributed by atoms with van der Waals surface area (Å²) in [5.74, 6) is 0.510. The summed E-state index contributed by atoms with van der Waals surface area (Å²) >= 11 is 0. The molecule has 118 valence electrons. The third-order valence-corrected chi connectivity index (χ3v) is 3.98. The number of allylic oxidation sites excluding steroid dienone is 1. The van der Waals surface area contributed by atoms with E-state index in [-0.39, 0.29) is 5.97 Å². The van der Waals surface area contributed by atoms with Crippen molar-refractivity contribution in [2.75, 3.05) is 7.11 Å². The molecule has 1 heterocycles. The van der Waals surface area contributed by atoms with Crippen LogP contribution in [0.1, 0.15) is 34.3 Å². The third-order valence-electron chi connectivity index (χ3n) is 3.98. The first-order chi connectivity index (χ1) is 11.1. The van der Waals surface area contributed by atoms with Gasteiger partial charge in [-0.15, -0.1) is 0 Å². The van der Waals surface area contributed by atoms with E-state index in [2.05, 4.69) is 0 Å². The average molecular weight is 309 g/mol. The fourth-order valence-corrected chi connectivity index (χ4v) is 2.69. The molecule has 0 spiro atoms. The molecule has 1 fully saturated rings. The van der Waals surface area contributed by atoms with Gasteiger partial charge in [0.1, 0.15) is 0 Å². The van der Waals surface area contributed by atoms with Crippen molar-refractivity contribution in [2.45, 2.75) is 18.6 Å². The molecule has 1 aliphatic rings. The SMILES string of the molecule is COC(=O)c1ccc(C2(N)CC/C(=C\c3ccccc3)O2)cc1. The predicted molar refractivity (Wildman–Crippen MR) is 88.4 cm³/mol. The normalized spacial score (nSPS) is 21.9. The number of methoxy groups -OCH3 is 1.